The van der Waals surface area contributed by atoms with Crippen molar-refractivity contribution in [3.05, 3.63) is 53.6 Å². The first-order valence-electron chi connectivity index (χ1n) is 9.74. The number of fused-ring (bicyclic) bond motifs is 1. The lowest BCUT2D eigenvalue weighted by Gasteiger charge is -2.31. The Labute approximate surface area is 181 Å². The molecule has 2 N–H and O–H groups in total. The standard InChI is InChI=1S/C22H25ClN4O3/c1-14-12-20(28)25-18-6-4-5-7-19(18)27(14)21(29)13-26(3)15(2)22(30)24-17-10-8-16(23)9-11-17/h4-11,14-15H,12-13H2,1-3H3,(H,24,30)(H,25,28)/t14-,15-/m0/s1. The largest absolute Gasteiger partial charge is 0.325 e. The molecular formula is C22H25ClN4O3. The fraction of sp³-hybridized carbons (Fsp3) is 0.318. The number of likely N-dealkylation sites (N-methyl/N-ethyl adjacent to an activating group) is 1. The minimum Gasteiger partial charge on any atom is -0.325 e. The van der Waals surface area contributed by atoms with Gasteiger partial charge in [-0.25, -0.2) is 0 Å². The van der Waals surface area contributed by atoms with Crippen LogP contribution in [0.5, 0.6) is 0 Å². The zero-order valence-electron chi connectivity index (χ0n) is 17.2. The number of amides is 3. The average molecular weight is 429 g/mol. The van der Waals surface area contributed by atoms with Gasteiger partial charge in [-0.2, -0.15) is 0 Å². The number of anilines is 3. The van der Waals surface area contributed by atoms with Gasteiger partial charge in [-0.3, -0.25) is 19.3 Å². The highest BCUT2D eigenvalue weighted by Crippen LogP contribution is 2.31. The number of halogens is 1. The van der Waals surface area contributed by atoms with Gasteiger partial charge in [0.25, 0.3) is 0 Å². The van der Waals surface area contributed by atoms with Crippen molar-refractivity contribution in [3.63, 3.8) is 0 Å². The van der Waals surface area contributed by atoms with Gasteiger partial charge >= 0.3 is 0 Å². The molecule has 0 fully saturated rings. The quantitative estimate of drug-likeness (QED) is 0.765. The molecule has 0 saturated carbocycles. The van der Waals surface area contributed by atoms with Crippen LogP contribution in [-0.4, -0.2) is 48.3 Å². The Hall–Kier alpha value is -2.90. The van der Waals surface area contributed by atoms with Crippen LogP contribution in [0.2, 0.25) is 5.02 Å². The smallest absolute Gasteiger partial charge is 0.241 e. The van der Waals surface area contributed by atoms with Gasteiger partial charge in [0.05, 0.1) is 24.0 Å². The van der Waals surface area contributed by atoms with Crippen LogP contribution in [0, 0.1) is 0 Å². The minimum absolute atomic E-state index is 0.0298. The van der Waals surface area contributed by atoms with E-state index in [1.165, 1.54) is 0 Å². The minimum atomic E-state index is -0.540. The van der Waals surface area contributed by atoms with Crippen molar-refractivity contribution in [2.24, 2.45) is 0 Å². The molecule has 7 nitrogen and oxygen atoms in total. The van der Waals surface area contributed by atoms with Crippen LogP contribution in [0.4, 0.5) is 17.1 Å². The highest BCUT2D eigenvalue weighted by atomic mass is 35.5. The van der Waals surface area contributed by atoms with E-state index in [1.807, 2.05) is 25.1 Å². The second-order valence-electron chi connectivity index (χ2n) is 7.47. The second kappa shape index (κ2) is 9.28. The maximum atomic E-state index is 13.2. The lowest BCUT2D eigenvalue weighted by Crippen LogP contribution is -2.48. The maximum Gasteiger partial charge on any atom is 0.241 e. The molecule has 0 unspecified atom stereocenters. The van der Waals surface area contributed by atoms with E-state index in [9.17, 15) is 14.4 Å². The Balaban J connectivity index is 1.70. The lowest BCUT2D eigenvalue weighted by atomic mass is 10.1. The number of carbonyl (C=O) groups is 3. The topological polar surface area (TPSA) is 81.8 Å². The fourth-order valence-electron chi connectivity index (χ4n) is 3.37. The molecule has 8 heteroatoms. The first-order chi connectivity index (χ1) is 14.3. The third kappa shape index (κ3) is 4.98. The Morgan fingerprint density at radius 2 is 1.90 bits per heavy atom. The number of benzene rings is 2. The SMILES string of the molecule is C[C@@H](C(=O)Nc1ccc(Cl)cc1)N(C)CC(=O)N1c2ccccc2NC(=O)C[C@@H]1C. The molecule has 0 saturated heterocycles. The molecule has 1 heterocycles. The molecule has 1 aliphatic rings. The van der Waals surface area contributed by atoms with E-state index in [4.69, 9.17) is 11.6 Å². The fourth-order valence-corrected chi connectivity index (χ4v) is 3.50. The van der Waals surface area contributed by atoms with Gasteiger partial charge in [-0.1, -0.05) is 23.7 Å². The van der Waals surface area contributed by atoms with E-state index < -0.39 is 6.04 Å². The summed E-state index contributed by atoms with van der Waals surface area (Å²) in [6.45, 7) is 3.61. The summed E-state index contributed by atoms with van der Waals surface area (Å²) >= 11 is 5.87. The van der Waals surface area contributed by atoms with Crippen molar-refractivity contribution < 1.29 is 14.4 Å². The van der Waals surface area contributed by atoms with Gasteiger partial charge in [0.2, 0.25) is 17.7 Å². The van der Waals surface area contributed by atoms with Gasteiger partial charge in [-0.15, -0.1) is 0 Å². The zero-order valence-corrected chi connectivity index (χ0v) is 17.9. The number of hydrogen-bond donors (Lipinski definition) is 2. The van der Waals surface area contributed by atoms with Crippen molar-refractivity contribution in [2.75, 3.05) is 29.1 Å². The van der Waals surface area contributed by atoms with Crippen molar-refractivity contribution in [1.29, 1.82) is 0 Å². The van der Waals surface area contributed by atoms with Crippen molar-refractivity contribution >= 4 is 46.4 Å². The predicted molar refractivity (Wildman–Crippen MR) is 119 cm³/mol. The lowest BCUT2D eigenvalue weighted by molar-refractivity contribution is -0.123. The molecule has 0 spiro atoms. The summed E-state index contributed by atoms with van der Waals surface area (Å²) in [6, 6.07) is 13.2. The summed E-state index contributed by atoms with van der Waals surface area (Å²) in [5, 5.41) is 6.25. The molecule has 30 heavy (non-hydrogen) atoms. The number of nitrogens with one attached hydrogen (secondary N) is 2. The molecule has 158 valence electrons. The molecule has 0 aromatic heterocycles. The van der Waals surface area contributed by atoms with Crippen LogP contribution in [0.3, 0.4) is 0 Å². The molecule has 3 amide bonds. The molecule has 2 atom stereocenters. The van der Waals surface area contributed by atoms with Crippen LogP contribution in [0.25, 0.3) is 0 Å². The number of nitrogens with zero attached hydrogens (tertiary/aromatic N) is 2. The summed E-state index contributed by atoms with van der Waals surface area (Å²) in [7, 11) is 1.72. The van der Waals surface area contributed by atoms with Crippen LogP contribution in [0.15, 0.2) is 48.5 Å². The molecule has 0 bridgehead atoms. The zero-order chi connectivity index (χ0) is 21.8. The summed E-state index contributed by atoms with van der Waals surface area (Å²) in [6.07, 6.45) is 0.205. The van der Waals surface area contributed by atoms with Gasteiger partial charge in [0, 0.05) is 23.2 Å². The van der Waals surface area contributed by atoms with Gasteiger partial charge in [-0.05, 0) is 57.3 Å². The summed E-state index contributed by atoms with van der Waals surface area (Å²) in [5.41, 5.74) is 1.90. The summed E-state index contributed by atoms with van der Waals surface area (Å²) in [5.74, 6) is -0.539. The van der Waals surface area contributed by atoms with E-state index >= 15 is 0 Å². The van der Waals surface area contributed by atoms with E-state index in [-0.39, 0.29) is 36.7 Å². The number of rotatable bonds is 5. The van der Waals surface area contributed by atoms with E-state index in [1.54, 1.807) is 54.1 Å². The summed E-state index contributed by atoms with van der Waals surface area (Å²) < 4.78 is 0. The van der Waals surface area contributed by atoms with Crippen LogP contribution in [-0.2, 0) is 14.4 Å². The first kappa shape index (κ1) is 21.8. The third-order valence-corrected chi connectivity index (χ3v) is 5.42. The Kier molecular flexibility index (Phi) is 6.74. The molecule has 1 aliphatic heterocycles. The third-order valence-electron chi connectivity index (χ3n) is 5.16. The molecule has 3 rings (SSSR count). The van der Waals surface area contributed by atoms with E-state index in [2.05, 4.69) is 10.6 Å². The van der Waals surface area contributed by atoms with E-state index in [0.717, 1.165) is 0 Å². The number of hydrogen-bond acceptors (Lipinski definition) is 4. The van der Waals surface area contributed by atoms with Crippen LogP contribution in [0.1, 0.15) is 20.3 Å². The molecular weight excluding hydrogens is 404 g/mol. The van der Waals surface area contributed by atoms with Gasteiger partial charge in [0.1, 0.15) is 0 Å². The maximum absolute atomic E-state index is 13.2. The van der Waals surface area contributed by atoms with Crippen LogP contribution >= 0.6 is 11.6 Å². The normalized spacial score (nSPS) is 17.0. The predicted octanol–water partition coefficient (Wildman–Crippen LogP) is 3.36. The summed E-state index contributed by atoms with van der Waals surface area (Å²) in [4.78, 5) is 41.2. The highest BCUT2D eigenvalue weighted by Gasteiger charge is 2.31. The highest BCUT2D eigenvalue weighted by molar-refractivity contribution is 6.30. The van der Waals surface area contributed by atoms with Gasteiger partial charge < -0.3 is 15.5 Å². The Morgan fingerprint density at radius 1 is 1.23 bits per heavy atom. The van der Waals surface area contributed by atoms with Crippen LogP contribution < -0.4 is 15.5 Å². The molecule has 0 radical (unpaired) electrons. The Morgan fingerprint density at radius 3 is 2.60 bits per heavy atom. The monoisotopic (exact) mass is 428 g/mol. The van der Waals surface area contributed by atoms with Gasteiger partial charge in [0.15, 0.2) is 0 Å². The van der Waals surface area contributed by atoms with Crippen molar-refractivity contribution in [2.45, 2.75) is 32.4 Å². The average Bonchev–Trinajstić information content (AvgIpc) is 2.83. The van der Waals surface area contributed by atoms with Crippen molar-refractivity contribution in [3.8, 4) is 0 Å². The number of carbonyl (C=O) groups excluding carboxylic acids is 3. The van der Waals surface area contributed by atoms with Crippen molar-refractivity contribution in [1.82, 2.24) is 4.90 Å². The molecule has 2 aromatic carbocycles. The second-order valence-corrected chi connectivity index (χ2v) is 7.91. The molecule has 0 aliphatic carbocycles. The first-order valence-corrected chi connectivity index (χ1v) is 10.1. The molecule has 2 aromatic rings. The number of para-hydroxylation sites is 2. The Bertz CT molecular complexity index is 948. The van der Waals surface area contributed by atoms with E-state index in [0.29, 0.717) is 22.1 Å².